The van der Waals surface area contributed by atoms with Crippen molar-refractivity contribution in [2.24, 2.45) is 10.9 Å². The minimum absolute atomic E-state index is 0.0715. The number of amides is 1. The van der Waals surface area contributed by atoms with Crippen LogP contribution in [0.1, 0.15) is 13.8 Å². The van der Waals surface area contributed by atoms with Crippen LogP contribution in [0, 0.1) is 0 Å². The van der Waals surface area contributed by atoms with Crippen LogP contribution < -0.4 is 11.1 Å². The zero-order valence-corrected chi connectivity index (χ0v) is 9.82. The molecule has 1 amide bonds. The second kappa shape index (κ2) is 7.02. The van der Waals surface area contributed by atoms with Crippen molar-refractivity contribution >= 4 is 11.7 Å². The van der Waals surface area contributed by atoms with E-state index in [4.69, 9.17) is 20.4 Å². The highest BCUT2D eigenvalue weighted by Gasteiger charge is 2.25. The van der Waals surface area contributed by atoms with Crippen LogP contribution >= 0.6 is 0 Å². The van der Waals surface area contributed by atoms with Crippen molar-refractivity contribution in [1.29, 1.82) is 0 Å². The summed E-state index contributed by atoms with van der Waals surface area (Å²) in [5.41, 5.74) is 4.49. The Kier molecular flexibility index (Phi) is 6.43. The van der Waals surface area contributed by atoms with Gasteiger partial charge in [-0.05, 0) is 13.8 Å². The van der Waals surface area contributed by atoms with E-state index in [9.17, 15) is 4.79 Å². The summed E-state index contributed by atoms with van der Waals surface area (Å²) in [6.45, 7) is 3.92. The molecule has 0 unspecified atom stereocenters. The monoisotopic (exact) mass is 233 g/mol. The lowest BCUT2D eigenvalue weighted by Gasteiger charge is -2.24. The van der Waals surface area contributed by atoms with E-state index in [-0.39, 0.29) is 18.3 Å². The van der Waals surface area contributed by atoms with Crippen molar-refractivity contribution in [2.45, 2.75) is 19.4 Å². The van der Waals surface area contributed by atoms with Crippen LogP contribution in [0.5, 0.6) is 0 Å². The van der Waals surface area contributed by atoms with Crippen LogP contribution in [-0.2, 0) is 14.3 Å². The molecule has 0 saturated carbocycles. The molecule has 0 radical (unpaired) electrons. The molecule has 0 rings (SSSR count). The molecular formula is C9H19N3O4. The molecule has 16 heavy (non-hydrogen) atoms. The van der Waals surface area contributed by atoms with E-state index >= 15 is 0 Å². The van der Waals surface area contributed by atoms with E-state index in [2.05, 4.69) is 10.5 Å². The molecule has 0 aromatic heterocycles. The fourth-order valence-electron chi connectivity index (χ4n) is 0.881. The number of hydrogen-bond acceptors (Lipinski definition) is 5. The third-order valence-corrected chi connectivity index (χ3v) is 1.86. The van der Waals surface area contributed by atoms with Gasteiger partial charge in [0.1, 0.15) is 6.61 Å². The zero-order chi connectivity index (χ0) is 12.6. The van der Waals surface area contributed by atoms with Gasteiger partial charge >= 0.3 is 0 Å². The second-order valence-corrected chi connectivity index (χ2v) is 3.70. The fraction of sp³-hybridized carbons (Fsp3) is 0.778. The predicted octanol–water partition coefficient (Wildman–Crippen LogP) is -0.709. The summed E-state index contributed by atoms with van der Waals surface area (Å²) in [4.78, 5) is 11.4. The molecule has 0 aliphatic rings. The van der Waals surface area contributed by atoms with E-state index in [0.717, 1.165) is 0 Å². The number of methoxy groups -OCH3 is 1. The predicted molar refractivity (Wildman–Crippen MR) is 58.3 cm³/mol. The van der Waals surface area contributed by atoms with Gasteiger partial charge in [-0.25, -0.2) is 0 Å². The van der Waals surface area contributed by atoms with Crippen molar-refractivity contribution in [2.75, 3.05) is 26.9 Å². The van der Waals surface area contributed by atoms with Crippen LogP contribution in [0.25, 0.3) is 0 Å². The highest BCUT2D eigenvalue weighted by Crippen LogP contribution is 2.01. The number of carbonyl (C=O) groups excluding carboxylic acids is 1. The van der Waals surface area contributed by atoms with Gasteiger partial charge in [0.15, 0.2) is 5.84 Å². The standard InChI is InChI=1S/C9H19N3O4/c1-9(2,8(10)12-14)11-7(13)6-16-5-4-15-3/h14H,4-6H2,1-3H3,(H2,10,12)(H,11,13). The summed E-state index contributed by atoms with van der Waals surface area (Å²) < 4.78 is 9.77. The fourth-order valence-corrected chi connectivity index (χ4v) is 0.881. The maximum atomic E-state index is 11.4. The highest BCUT2D eigenvalue weighted by molar-refractivity contribution is 5.93. The summed E-state index contributed by atoms with van der Waals surface area (Å²) in [5.74, 6) is -0.412. The number of hydrogen-bond donors (Lipinski definition) is 3. The number of amidine groups is 1. The van der Waals surface area contributed by atoms with Gasteiger partial charge < -0.3 is 25.7 Å². The Labute approximate surface area is 94.6 Å². The first-order chi connectivity index (χ1) is 7.44. The number of carbonyl (C=O) groups is 1. The van der Waals surface area contributed by atoms with Crippen LogP contribution in [0.4, 0.5) is 0 Å². The van der Waals surface area contributed by atoms with Crippen molar-refractivity contribution in [3.05, 3.63) is 0 Å². The average Bonchev–Trinajstić information content (AvgIpc) is 2.22. The molecule has 0 bridgehead atoms. The first kappa shape index (κ1) is 14.7. The number of nitrogens with two attached hydrogens (primary N) is 1. The Morgan fingerprint density at radius 3 is 2.62 bits per heavy atom. The number of nitrogens with one attached hydrogen (secondary N) is 1. The molecule has 0 fully saturated rings. The Morgan fingerprint density at radius 2 is 2.12 bits per heavy atom. The van der Waals surface area contributed by atoms with E-state index < -0.39 is 5.54 Å². The quantitative estimate of drug-likeness (QED) is 0.177. The molecule has 0 aliphatic carbocycles. The number of ether oxygens (including phenoxy) is 2. The third-order valence-electron chi connectivity index (χ3n) is 1.86. The Bertz CT molecular complexity index is 253. The summed E-state index contributed by atoms with van der Waals surface area (Å²) in [5, 5.41) is 13.9. The largest absolute Gasteiger partial charge is 0.409 e. The zero-order valence-electron chi connectivity index (χ0n) is 9.82. The van der Waals surface area contributed by atoms with Crippen LogP contribution in [-0.4, -0.2) is 49.4 Å². The summed E-state index contributed by atoms with van der Waals surface area (Å²) in [6.07, 6.45) is 0. The van der Waals surface area contributed by atoms with Crippen LogP contribution in [0.15, 0.2) is 5.16 Å². The van der Waals surface area contributed by atoms with E-state index in [1.165, 1.54) is 0 Å². The van der Waals surface area contributed by atoms with Gasteiger partial charge in [-0.2, -0.15) is 0 Å². The first-order valence-corrected chi connectivity index (χ1v) is 4.79. The molecule has 7 heteroatoms. The minimum atomic E-state index is -0.906. The summed E-state index contributed by atoms with van der Waals surface area (Å²) in [7, 11) is 1.55. The van der Waals surface area contributed by atoms with E-state index in [1.807, 2.05) is 0 Å². The average molecular weight is 233 g/mol. The molecule has 4 N–H and O–H groups in total. The van der Waals surface area contributed by atoms with Crippen molar-refractivity contribution < 1.29 is 19.5 Å². The Hall–Kier alpha value is -1.34. The maximum Gasteiger partial charge on any atom is 0.246 e. The lowest BCUT2D eigenvalue weighted by molar-refractivity contribution is -0.127. The molecule has 0 saturated heterocycles. The van der Waals surface area contributed by atoms with E-state index in [1.54, 1.807) is 21.0 Å². The molecular weight excluding hydrogens is 214 g/mol. The molecule has 0 atom stereocenters. The number of oxime groups is 1. The molecule has 94 valence electrons. The molecule has 0 spiro atoms. The maximum absolute atomic E-state index is 11.4. The van der Waals surface area contributed by atoms with Crippen LogP contribution in [0.2, 0.25) is 0 Å². The lowest BCUT2D eigenvalue weighted by atomic mass is 10.0. The Balaban J connectivity index is 3.95. The molecule has 0 aromatic carbocycles. The number of rotatable bonds is 7. The summed E-state index contributed by atoms with van der Waals surface area (Å²) >= 11 is 0. The third kappa shape index (κ3) is 5.52. The van der Waals surface area contributed by atoms with Gasteiger partial charge in [0, 0.05) is 7.11 Å². The minimum Gasteiger partial charge on any atom is -0.409 e. The van der Waals surface area contributed by atoms with Gasteiger partial charge in [0.25, 0.3) is 0 Å². The highest BCUT2D eigenvalue weighted by atomic mass is 16.5. The molecule has 7 nitrogen and oxygen atoms in total. The van der Waals surface area contributed by atoms with Crippen LogP contribution in [0.3, 0.4) is 0 Å². The summed E-state index contributed by atoms with van der Waals surface area (Å²) in [6, 6.07) is 0. The van der Waals surface area contributed by atoms with Crippen molar-refractivity contribution in [3.8, 4) is 0 Å². The van der Waals surface area contributed by atoms with Gasteiger partial charge in [0.05, 0.1) is 18.8 Å². The lowest BCUT2D eigenvalue weighted by Crippen LogP contribution is -2.54. The first-order valence-electron chi connectivity index (χ1n) is 4.79. The second-order valence-electron chi connectivity index (χ2n) is 3.70. The topological polar surface area (TPSA) is 106 Å². The Morgan fingerprint density at radius 1 is 1.50 bits per heavy atom. The van der Waals surface area contributed by atoms with Gasteiger partial charge in [-0.1, -0.05) is 5.16 Å². The van der Waals surface area contributed by atoms with Crippen molar-refractivity contribution in [1.82, 2.24) is 5.32 Å². The van der Waals surface area contributed by atoms with Gasteiger partial charge in [-0.15, -0.1) is 0 Å². The molecule has 0 aromatic rings. The normalized spacial score (nSPS) is 12.6. The number of nitrogens with zero attached hydrogens (tertiary/aromatic N) is 1. The SMILES string of the molecule is COCCOCC(=O)NC(C)(C)C(N)=NO. The smallest absolute Gasteiger partial charge is 0.246 e. The molecule has 0 aliphatic heterocycles. The van der Waals surface area contributed by atoms with E-state index in [0.29, 0.717) is 13.2 Å². The van der Waals surface area contributed by atoms with Gasteiger partial charge in [0.2, 0.25) is 5.91 Å². The molecule has 0 heterocycles. The van der Waals surface area contributed by atoms with Crippen molar-refractivity contribution in [3.63, 3.8) is 0 Å². The van der Waals surface area contributed by atoms with Gasteiger partial charge in [-0.3, -0.25) is 4.79 Å².